The maximum absolute atomic E-state index is 6.18. The first-order valence-corrected chi connectivity index (χ1v) is 7.42. The number of rotatable bonds is 1. The Hall–Kier alpha value is -0.0800. The Morgan fingerprint density at radius 1 is 1.06 bits per heavy atom. The maximum atomic E-state index is 6.18. The van der Waals surface area contributed by atoms with E-state index in [1.807, 2.05) is 0 Å². The van der Waals surface area contributed by atoms with Crippen LogP contribution in [0.25, 0.3) is 0 Å². The summed E-state index contributed by atoms with van der Waals surface area (Å²) in [6, 6.07) is 1.92. The Morgan fingerprint density at radius 3 is 2.24 bits per heavy atom. The first kappa shape index (κ1) is 13.4. The molecule has 2 rings (SSSR count). The van der Waals surface area contributed by atoms with Crippen LogP contribution in [0.4, 0.5) is 0 Å². The van der Waals surface area contributed by atoms with E-state index in [2.05, 4.69) is 32.6 Å². The third-order valence-electron chi connectivity index (χ3n) is 5.46. The van der Waals surface area contributed by atoms with Gasteiger partial charge in [-0.15, -0.1) is 0 Å². The lowest BCUT2D eigenvalue weighted by atomic mass is 9.74. The molecule has 100 valence electrons. The summed E-state index contributed by atoms with van der Waals surface area (Å²) < 4.78 is 0. The zero-order valence-electron chi connectivity index (χ0n) is 12.1. The van der Waals surface area contributed by atoms with E-state index in [4.69, 9.17) is 5.73 Å². The van der Waals surface area contributed by atoms with Crippen molar-refractivity contribution < 1.29 is 0 Å². The summed E-state index contributed by atoms with van der Waals surface area (Å²) in [4.78, 5) is 2.75. The molecule has 0 aromatic rings. The van der Waals surface area contributed by atoms with Gasteiger partial charge in [0.15, 0.2) is 0 Å². The predicted octanol–water partition coefficient (Wildman–Crippen LogP) is 3.01. The minimum absolute atomic E-state index is 0.418. The van der Waals surface area contributed by atoms with Gasteiger partial charge in [-0.25, -0.2) is 0 Å². The summed E-state index contributed by atoms with van der Waals surface area (Å²) in [5, 5.41) is 0. The van der Waals surface area contributed by atoms with Crippen LogP contribution < -0.4 is 5.73 Å². The quantitative estimate of drug-likeness (QED) is 0.761. The predicted molar refractivity (Wildman–Crippen MR) is 74.0 cm³/mol. The number of nitrogens with zero attached hydrogens (tertiary/aromatic N) is 1. The van der Waals surface area contributed by atoms with Gasteiger partial charge < -0.3 is 5.73 Å². The van der Waals surface area contributed by atoms with Crippen LogP contribution in [0.2, 0.25) is 0 Å². The molecular weight excluding hydrogens is 208 g/mol. The highest BCUT2D eigenvalue weighted by atomic mass is 15.2. The third-order valence-corrected chi connectivity index (χ3v) is 5.46. The van der Waals surface area contributed by atoms with Crippen LogP contribution in [0.3, 0.4) is 0 Å². The van der Waals surface area contributed by atoms with E-state index in [1.54, 1.807) is 0 Å². The summed E-state index contributed by atoms with van der Waals surface area (Å²) in [6.45, 7) is 10.8. The highest BCUT2D eigenvalue weighted by molar-refractivity contribution is 4.92. The molecule has 0 bridgehead atoms. The molecule has 0 aromatic carbocycles. The molecular formula is C15H30N2. The molecule has 0 spiro atoms. The van der Waals surface area contributed by atoms with Gasteiger partial charge in [-0.3, -0.25) is 4.90 Å². The van der Waals surface area contributed by atoms with Crippen molar-refractivity contribution in [3.63, 3.8) is 0 Å². The van der Waals surface area contributed by atoms with Crippen molar-refractivity contribution in [2.24, 2.45) is 17.1 Å². The van der Waals surface area contributed by atoms with E-state index in [1.165, 1.54) is 38.6 Å². The van der Waals surface area contributed by atoms with Gasteiger partial charge in [0.2, 0.25) is 0 Å². The summed E-state index contributed by atoms with van der Waals surface area (Å²) in [6.07, 6.45) is 6.74. The Kier molecular flexibility index (Phi) is 3.84. The first-order valence-electron chi connectivity index (χ1n) is 7.42. The van der Waals surface area contributed by atoms with Crippen LogP contribution in [-0.2, 0) is 0 Å². The average Bonchev–Trinajstić information content (AvgIpc) is 2.27. The SMILES string of the molecule is CC1C(N)CCN(C2CCC(C)(C)CC2)C1C. The van der Waals surface area contributed by atoms with Gasteiger partial charge in [-0.2, -0.15) is 0 Å². The Labute approximate surface area is 107 Å². The average molecular weight is 238 g/mol. The molecule has 0 aromatic heterocycles. The monoisotopic (exact) mass is 238 g/mol. The van der Waals surface area contributed by atoms with Crippen LogP contribution in [0.15, 0.2) is 0 Å². The van der Waals surface area contributed by atoms with Crippen molar-refractivity contribution in [1.29, 1.82) is 0 Å². The lowest BCUT2D eigenvalue weighted by molar-refractivity contribution is 0.0230. The standard InChI is InChI=1S/C15H30N2/c1-11-12(2)17(10-7-14(11)16)13-5-8-15(3,4)9-6-13/h11-14H,5-10,16H2,1-4H3. The molecule has 1 heterocycles. The fraction of sp³-hybridized carbons (Fsp3) is 1.00. The summed E-state index contributed by atoms with van der Waals surface area (Å²) in [5.74, 6) is 0.652. The van der Waals surface area contributed by atoms with E-state index in [-0.39, 0.29) is 0 Å². The minimum Gasteiger partial charge on any atom is -0.327 e. The van der Waals surface area contributed by atoms with Gasteiger partial charge in [0, 0.05) is 24.7 Å². The first-order chi connectivity index (χ1) is 7.91. The van der Waals surface area contributed by atoms with Gasteiger partial charge >= 0.3 is 0 Å². The Balaban J connectivity index is 1.95. The fourth-order valence-electron chi connectivity index (χ4n) is 3.66. The molecule has 1 aliphatic carbocycles. The van der Waals surface area contributed by atoms with E-state index in [0.29, 0.717) is 23.4 Å². The summed E-state index contributed by atoms with van der Waals surface area (Å²) in [5.41, 5.74) is 6.76. The van der Waals surface area contributed by atoms with Crippen LogP contribution in [-0.4, -0.2) is 29.6 Å². The smallest absolute Gasteiger partial charge is 0.0110 e. The lowest BCUT2D eigenvalue weighted by Crippen LogP contribution is -2.55. The molecule has 3 unspecified atom stereocenters. The third kappa shape index (κ3) is 2.85. The largest absolute Gasteiger partial charge is 0.327 e. The van der Waals surface area contributed by atoms with E-state index in [9.17, 15) is 0 Å². The molecule has 3 atom stereocenters. The highest BCUT2D eigenvalue weighted by Crippen LogP contribution is 2.39. The van der Waals surface area contributed by atoms with Gasteiger partial charge in [0.25, 0.3) is 0 Å². The van der Waals surface area contributed by atoms with E-state index < -0.39 is 0 Å². The second kappa shape index (κ2) is 4.89. The molecule has 2 aliphatic rings. The van der Waals surface area contributed by atoms with Crippen molar-refractivity contribution in [3.8, 4) is 0 Å². The molecule has 1 saturated carbocycles. The number of hydrogen-bond donors (Lipinski definition) is 1. The van der Waals surface area contributed by atoms with Gasteiger partial charge in [-0.05, 0) is 50.4 Å². The number of likely N-dealkylation sites (tertiary alicyclic amines) is 1. The summed E-state index contributed by atoms with van der Waals surface area (Å²) in [7, 11) is 0. The van der Waals surface area contributed by atoms with Crippen LogP contribution >= 0.6 is 0 Å². The van der Waals surface area contributed by atoms with Crippen molar-refractivity contribution in [3.05, 3.63) is 0 Å². The number of nitrogens with two attached hydrogens (primary N) is 1. The molecule has 2 heteroatoms. The van der Waals surface area contributed by atoms with Crippen LogP contribution in [0.5, 0.6) is 0 Å². The number of piperidine rings is 1. The molecule has 0 radical (unpaired) electrons. The van der Waals surface area contributed by atoms with Crippen LogP contribution in [0.1, 0.15) is 59.8 Å². The van der Waals surface area contributed by atoms with Crippen LogP contribution in [0, 0.1) is 11.3 Å². The van der Waals surface area contributed by atoms with E-state index >= 15 is 0 Å². The lowest BCUT2D eigenvalue weighted by Gasteiger charge is -2.48. The second-order valence-corrected chi connectivity index (χ2v) is 7.19. The molecule has 0 amide bonds. The Bertz CT molecular complexity index is 252. The van der Waals surface area contributed by atoms with Gasteiger partial charge in [0.1, 0.15) is 0 Å². The topological polar surface area (TPSA) is 29.3 Å². The second-order valence-electron chi connectivity index (χ2n) is 7.19. The Morgan fingerprint density at radius 2 is 1.65 bits per heavy atom. The van der Waals surface area contributed by atoms with Crippen molar-refractivity contribution in [1.82, 2.24) is 4.90 Å². The molecule has 2 N–H and O–H groups in total. The zero-order valence-corrected chi connectivity index (χ0v) is 12.1. The number of hydrogen-bond acceptors (Lipinski definition) is 2. The zero-order chi connectivity index (χ0) is 12.6. The van der Waals surface area contributed by atoms with Crippen molar-refractivity contribution in [2.45, 2.75) is 77.9 Å². The molecule has 2 fully saturated rings. The van der Waals surface area contributed by atoms with Crippen molar-refractivity contribution in [2.75, 3.05) is 6.54 Å². The highest BCUT2D eigenvalue weighted by Gasteiger charge is 2.37. The molecule has 17 heavy (non-hydrogen) atoms. The molecule has 2 nitrogen and oxygen atoms in total. The fourth-order valence-corrected chi connectivity index (χ4v) is 3.66. The van der Waals surface area contributed by atoms with Crippen molar-refractivity contribution >= 4 is 0 Å². The molecule has 1 saturated heterocycles. The normalized spacial score (nSPS) is 40.4. The van der Waals surface area contributed by atoms with E-state index in [0.717, 1.165) is 6.04 Å². The minimum atomic E-state index is 0.418. The molecule has 1 aliphatic heterocycles. The van der Waals surface area contributed by atoms with Gasteiger partial charge in [-0.1, -0.05) is 20.8 Å². The summed E-state index contributed by atoms with van der Waals surface area (Å²) >= 11 is 0. The van der Waals surface area contributed by atoms with Gasteiger partial charge in [0.05, 0.1) is 0 Å². The maximum Gasteiger partial charge on any atom is 0.0110 e.